The SMILES string of the molecule is CC1(C)COCCN1CC1(CO)CCOC1. The highest BCUT2D eigenvalue weighted by Crippen LogP contribution is 2.32. The first-order valence-electron chi connectivity index (χ1n) is 6.09. The number of nitrogens with zero attached hydrogens (tertiary/aromatic N) is 1. The summed E-state index contributed by atoms with van der Waals surface area (Å²) >= 11 is 0. The molecule has 16 heavy (non-hydrogen) atoms. The van der Waals surface area contributed by atoms with E-state index < -0.39 is 0 Å². The molecule has 0 spiro atoms. The number of rotatable bonds is 3. The zero-order valence-corrected chi connectivity index (χ0v) is 10.4. The molecule has 1 atom stereocenters. The Morgan fingerprint density at radius 3 is 2.50 bits per heavy atom. The van der Waals surface area contributed by atoms with Crippen LogP contribution in [0.5, 0.6) is 0 Å². The van der Waals surface area contributed by atoms with Gasteiger partial charge in [-0.1, -0.05) is 0 Å². The van der Waals surface area contributed by atoms with Gasteiger partial charge in [-0.15, -0.1) is 0 Å². The summed E-state index contributed by atoms with van der Waals surface area (Å²) in [4.78, 5) is 2.43. The van der Waals surface area contributed by atoms with E-state index in [2.05, 4.69) is 18.7 Å². The van der Waals surface area contributed by atoms with Crippen LogP contribution in [-0.4, -0.2) is 61.7 Å². The molecule has 0 bridgehead atoms. The average molecular weight is 229 g/mol. The lowest BCUT2D eigenvalue weighted by Crippen LogP contribution is -2.57. The van der Waals surface area contributed by atoms with E-state index in [1.54, 1.807) is 0 Å². The van der Waals surface area contributed by atoms with Crippen LogP contribution in [0, 0.1) is 5.41 Å². The summed E-state index contributed by atoms with van der Waals surface area (Å²) in [6.45, 7) is 9.54. The minimum Gasteiger partial charge on any atom is -0.396 e. The quantitative estimate of drug-likeness (QED) is 0.765. The molecule has 4 nitrogen and oxygen atoms in total. The minimum absolute atomic E-state index is 0.0470. The van der Waals surface area contributed by atoms with Gasteiger partial charge in [-0.25, -0.2) is 0 Å². The van der Waals surface area contributed by atoms with Crippen LogP contribution >= 0.6 is 0 Å². The molecule has 94 valence electrons. The van der Waals surface area contributed by atoms with Gasteiger partial charge in [-0.05, 0) is 20.3 Å². The van der Waals surface area contributed by atoms with Crippen molar-refractivity contribution in [2.45, 2.75) is 25.8 Å². The first-order valence-corrected chi connectivity index (χ1v) is 6.09. The molecule has 0 saturated carbocycles. The predicted octanol–water partition coefficient (Wildman–Crippen LogP) is 0.496. The number of aliphatic hydroxyl groups is 1. The van der Waals surface area contributed by atoms with Crippen LogP contribution in [0.25, 0.3) is 0 Å². The fourth-order valence-electron chi connectivity index (χ4n) is 2.54. The van der Waals surface area contributed by atoms with Gasteiger partial charge in [0.05, 0.1) is 26.4 Å². The van der Waals surface area contributed by atoms with Crippen LogP contribution < -0.4 is 0 Å². The van der Waals surface area contributed by atoms with E-state index in [-0.39, 0.29) is 17.6 Å². The van der Waals surface area contributed by atoms with Crippen molar-refractivity contribution in [2.75, 3.05) is 46.1 Å². The summed E-state index contributed by atoms with van der Waals surface area (Å²) in [5.41, 5.74) is 0.0254. The highest BCUT2D eigenvalue weighted by molar-refractivity contribution is 4.92. The van der Waals surface area contributed by atoms with Crippen molar-refractivity contribution in [1.82, 2.24) is 4.90 Å². The third-order valence-corrected chi connectivity index (χ3v) is 3.86. The number of morpholine rings is 1. The Bertz CT molecular complexity index is 236. The van der Waals surface area contributed by atoms with E-state index in [4.69, 9.17) is 9.47 Å². The van der Waals surface area contributed by atoms with Gasteiger partial charge in [0, 0.05) is 30.7 Å². The zero-order valence-electron chi connectivity index (χ0n) is 10.4. The Morgan fingerprint density at radius 2 is 1.94 bits per heavy atom. The second-order valence-electron chi connectivity index (χ2n) is 5.75. The van der Waals surface area contributed by atoms with Crippen molar-refractivity contribution in [3.63, 3.8) is 0 Å². The molecule has 0 aromatic carbocycles. The molecule has 2 fully saturated rings. The van der Waals surface area contributed by atoms with Gasteiger partial charge >= 0.3 is 0 Å². The second kappa shape index (κ2) is 4.61. The molecule has 2 aliphatic heterocycles. The van der Waals surface area contributed by atoms with Crippen LogP contribution in [0.15, 0.2) is 0 Å². The molecule has 0 aromatic rings. The van der Waals surface area contributed by atoms with E-state index in [1.165, 1.54) is 0 Å². The monoisotopic (exact) mass is 229 g/mol. The van der Waals surface area contributed by atoms with Crippen molar-refractivity contribution in [2.24, 2.45) is 5.41 Å². The molecule has 2 rings (SSSR count). The summed E-state index contributed by atoms with van der Waals surface area (Å²) < 4.78 is 11.0. The fraction of sp³-hybridized carbons (Fsp3) is 1.00. The standard InChI is InChI=1S/C12H23NO3/c1-11(2)9-16-6-4-13(11)7-12(8-14)3-5-15-10-12/h14H,3-10H2,1-2H3. The number of hydrogen-bond acceptors (Lipinski definition) is 4. The Labute approximate surface area is 97.5 Å². The average Bonchev–Trinajstić information content (AvgIpc) is 2.71. The van der Waals surface area contributed by atoms with Crippen LogP contribution in [0.2, 0.25) is 0 Å². The molecule has 0 aliphatic carbocycles. The molecule has 1 unspecified atom stereocenters. The molecule has 2 heterocycles. The molecule has 0 amide bonds. The van der Waals surface area contributed by atoms with Crippen LogP contribution in [0.3, 0.4) is 0 Å². The lowest BCUT2D eigenvalue weighted by Gasteiger charge is -2.45. The van der Waals surface area contributed by atoms with Crippen LogP contribution in [0.1, 0.15) is 20.3 Å². The van der Waals surface area contributed by atoms with E-state index in [1.807, 2.05) is 0 Å². The normalized spacial score (nSPS) is 35.4. The summed E-state index contributed by atoms with van der Waals surface area (Å²) in [5.74, 6) is 0. The molecular formula is C12H23NO3. The smallest absolute Gasteiger partial charge is 0.0645 e. The van der Waals surface area contributed by atoms with Crippen molar-refractivity contribution in [1.29, 1.82) is 0 Å². The first-order chi connectivity index (χ1) is 7.58. The molecule has 2 saturated heterocycles. The third kappa shape index (κ3) is 2.40. The lowest BCUT2D eigenvalue weighted by molar-refractivity contribution is -0.0754. The number of hydrogen-bond donors (Lipinski definition) is 1. The highest BCUT2D eigenvalue weighted by atomic mass is 16.5. The van der Waals surface area contributed by atoms with Crippen LogP contribution in [0.4, 0.5) is 0 Å². The fourth-order valence-corrected chi connectivity index (χ4v) is 2.54. The maximum Gasteiger partial charge on any atom is 0.0645 e. The largest absolute Gasteiger partial charge is 0.396 e. The Balaban J connectivity index is 2.01. The summed E-state index contributed by atoms with van der Waals surface area (Å²) in [7, 11) is 0. The highest BCUT2D eigenvalue weighted by Gasteiger charge is 2.40. The predicted molar refractivity (Wildman–Crippen MR) is 61.4 cm³/mol. The summed E-state index contributed by atoms with van der Waals surface area (Å²) in [5, 5.41) is 9.58. The zero-order chi connectivity index (χ0) is 11.6. The van der Waals surface area contributed by atoms with E-state index in [9.17, 15) is 5.11 Å². The van der Waals surface area contributed by atoms with Crippen molar-refractivity contribution in [3.05, 3.63) is 0 Å². The van der Waals surface area contributed by atoms with E-state index in [0.29, 0.717) is 6.61 Å². The van der Waals surface area contributed by atoms with Gasteiger partial charge in [0.15, 0.2) is 0 Å². The van der Waals surface area contributed by atoms with Gasteiger partial charge in [-0.3, -0.25) is 4.90 Å². The molecule has 0 radical (unpaired) electrons. The maximum atomic E-state index is 9.58. The Morgan fingerprint density at radius 1 is 1.19 bits per heavy atom. The van der Waals surface area contributed by atoms with Crippen molar-refractivity contribution in [3.8, 4) is 0 Å². The van der Waals surface area contributed by atoms with E-state index in [0.717, 1.165) is 39.3 Å². The van der Waals surface area contributed by atoms with Gasteiger partial charge in [0.1, 0.15) is 0 Å². The van der Waals surface area contributed by atoms with Gasteiger partial charge in [0.25, 0.3) is 0 Å². The molecule has 1 N–H and O–H groups in total. The topological polar surface area (TPSA) is 41.9 Å². The maximum absolute atomic E-state index is 9.58. The Kier molecular flexibility index (Phi) is 3.54. The minimum atomic E-state index is -0.0470. The van der Waals surface area contributed by atoms with Crippen molar-refractivity contribution >= 4 is 0 Å². The van der Waals surface area contributed by atoms with Gasteiger partial charge in [0.2, 0.25) is 0 Å². The summed E-state index contributed by atoms with van der Waals surface area (Å²) in [6.07, 6.45) is 0.969. The van der Waals surface area contributed by atoms with Crippen molar-refractivity contribution < 1.29 is 14.6 Å². The molecule has 2 aliphatic rings. The summed E-state index contributed by atoms with van der Waals surface area (Å²) in [6, 6.07) is 0. The van der Waals surface area contributed by atoms with Crippen LogP contribution in [-0.2, 0) is 9.47 Å². The molecule has 0 aromatic heterocycles. The number of aliphatic hydroxyl groups excluding tert-OH is 1. The first kappa shape index (κ1) is 12.3. The second-order valence-corrected chi connectivity index (χ2v) is 5.75. The Hall–Kier alpha value is -0.160. The van der Waals surface area contributed by atoms with Gasteiger partial charge in [-0.2, -0.15) is 0 Å². The molecular weight excluding hydrogens is 206 g/mol. The van der Waals surface area contributed by atoms with Gasteiger partial charge < -0.3 is 14.6 Å². The number of ether oxygens (including phenoxy) is 2. The lowest BCUT2D eigenvalue weighted by atomic mass is 9.85. The van der Waals surface area contributed by atoms with E-state index >= 15 is 0 Å². The molecule has 4 heteroatoms. The third-order valence-electron chi connectivity index (χ3n) is 3.86.